The molecule has 0 aliphatic carbocycles. The standard InChI is InChI=1S/C15H21F2N3O/c1-11(13-4-3-12(16)9-14(13)17)19-15(21)10-20-7-2-5-18-6-8-20/h3-4,9,11,18H,2,5-8,10H2,1H3,(H,19,21). The summed E-state index contributed by atoms with van der Waals surface area (Å²) in [6.45, 7) is 5.53. The number of hydrogen-bond acceptors (Lipinski definition) is 3. The summed E-state index contributed by atoms with van der Waals surface area (Å²) in [5.74, 6) is -1.40. The zero-order valence-electron chi connectivity index (χ0n) is 12.2. The van der Waals surface area contributed by atoms with Crippen molar-refractivity contribution in [2.45, 2.75) is 19.4 Å². The van der Waals surface area contributed by atoms with Gasteiger partial charge in [-0.3, -0.25) is 9.69 Å². The Labute approximate surface area is 123 Å². The number of rotatable bonds is 4. The van der Waals surface area contributed by atoms with Crippen molar-refractivity contribution < 1.29 is 13.6 Å². The lowest BCUT2D eigenvalue weighted by atomic mass is 10.1. The Morgan fingerprint density at radius 1 is 1.38 bits per heavy atom. The van der Waals surface area contributed by atoms with Crippen LogP contribution in [0.4, 0.5) is 8.78 Å². The monoisotopic (exact) mass is 297 g/mol. The molecule has 2 rings (SSSR count). The van der Waals surface area contributed by atoms with E-state index in [1.165, 1.54) is 12.1 Å². The van der Waals surface area contributed by atoms with Crippen LogP contribution in [0.2, 0.25) is 0 Å². The van der Waals surface area contributed by atoms with Gasteiger partial charge >= 0.3 is 0 Å². The van der Waals surface area contributed by atoms with E-state index in [1.54, 1.807) is 6.92 Å². The Morgan fingerprint density at radius 3 is 2.95 bits per heavy atom. The fourth-order valence-electron chi connectivity index (χ4n) is 2.48. The molecule has 0 radical (unpaired) electrons. The van der Waals surface area contributed by atoms with Crippen molar-refractivity contribution in [1.82, 2.24) is 15.5 Å². The molecule has 1 aliphatic rings. The fraction of sp³-hybridized carbons (Fsp3) is 0.533. The second kappa shape index (κ2) is 7.47. The van der Waals surface area contributed by atoms with Gasteiger partial charge in [-0.2, -0.15) is 0 Å². The summed E-state index contributed by atoms with van der Waals surface area (Å²) in [5.41, 5.74) is 0.294. The van der Waals surface area contributed by atoms with E-state index >= 15 is 0 Å². The van der Waals surface area contributed by atoms with Crippen LogP contribution in [0.25, 0.3) is 0 Å². The number of carbonyl (C=O) groups is 1. The quantitative estimate of drug-likeness (QED) is 0.884. The Morgan fingerprint density at radius 2 is 2.19 bits per heavy atom. The van der Waals surface area contributed by atoms with Gasteiger partial charge in [-0.1, -0.05) is 6.07 Å². The first-order valence-corrected chi connectivity index (χ1v) is 7.23. The largest absolute Gasteiger partial charge is 0.348 e. The highest BCUT2D eigenvalue weighted by Crippen LogP contribution is 2.17. The summed E-state index contributed by atoms with van der Waals surface area (Å²) >= 11 is 0. The van der Waals surface area contributed by atoms with Crippen LogP contribution in [0, 0.1) is 11.6 Å². The molecule has 1 fully saturated rings. The third kappa shape index (κ3) is 4.75. The smallest absolute Gasteiger partial charge is 0.234 e. The van der Waals surface area contributed by atoms with Gasteiger partial charge in [-0.25, -0.2) is 8.78 Å². The van der Waals surface area contributed by atoms with Crippen LogP contribution in [0.5, 0.6) is 0 Å². The Hall–Kier alpha value is -1.53. The number of amides is 1. The maximum atomic E-state index is 13.7. The molecule has 4 nitrogen and oxygen atoms in total. The molecule has 1 aromatic rings. The Balaban J connectivity index is 1.89. The second-order valence-electron chi connectivity index (χ2n) is 5.33. The van der Waals surface area contributed by atoms with E-state index in [1.807, 2.05) is 0 Å². The van der Waals surface area contributed by atoms with Crippen LogP contribution in [-0.2, 0) is 4.79 Å². The first kappa shape index (κ1) is 15.9. The van der Waals surface area contributed by atoms with Crippen LogP contribution < -0.4 is 10.6 Å². The molecule has 1 heterocycles. The summed E-state index contributed by atoms with van der Waals surface area (Å²) in [5, 5.41) is 6.03. The van der Waals surface area contributed by atoms with Crippen LogP contribution in [0.1, 0.15) is 24.9 Å². The zero-order valence-corrected chi connectivity index (χ0v) is 12.2. The number of halogens is 2. The van der Waals surface area contributed by atoms with E-state index in [0.29, 0.717) is 12.1 Å². The maximum Gasteiger partial charge on any atom is 0.234 e. The molecule has 1 aliphatic heterocycles. The van der Waals surface area contributed by atoms with E-state index in [-0.39, 0.29) is 5.91 Å². The van der Waals surface area contributed by atoms with Crippen LogP contribution >= 0.6 is 0 Å². The van der Waals surface area contributed by atoms with Crippen LogP contribution in [0.15, 0.2) is 18.2 Å². The van der Waals surface area contributed by atoms with Gasteiger partial charge in [0.1, 0.15) is 11.6 Å². The van der Waals surface area contributed by atoms with E-state index < -0.39 is 17.7 Å². The highest BCUT2D eigenvalue weighted by molar-refractivity contribution is 5.78. The molecule has 1 saturated heterocycles. The molecule has 1 amide bonds. The molecular weight excluding hydrogens is 276 g/mol. The van der Waals surface area contributed by atoms with Crippen molar-refractivity contribution in [2.75, 3.05) is 32.7 Å². The van der Waals surface area contributed by atoms with Crippen molar-refractivity contribution in [1.29, 1.82) is 0 Å². The lowest BCUT2D eigenvalue weighted by Gasteiger charge is -2.21. The van der Waals surface area contributed by atoms with E-state index in [4.69, 9.17) is 0 Å². The third-order valence-electron chi connectivity index (χ3n) is 3.61. The van der Waals surface area contributed by atoms with E-state index in [9.17, 15) is 13.6 Å². The van der Waals surface area contributed by atoms with Crippen molar-refractivity contribution in [3.63, 3.8) is 0 Å². The van der Waals surface area contributed by atoms with Gasteiger partial charge in [0.25, 0.3) is 0 Å². The average molecular weight is 297 g/mol. The second-order valence-corrected chi connectivity index (χ2v) is 5.33. The number of nitrogens with zero attached hydrogens (tertiary/aromatic N) is 1. The van der Waals surface area contributed by atoms with Crippen molar-refractivity contribution in [3.05, 3.63) is 35.4 Å². The SMILES string of the molecule is CC(NC(=O)CN1CCCNCC1)c1ccc(F)cc1F. The molecule has 0 spiro atoms. The topological polar surface area (TPSA) is 44.4 Å². The molecule has 1 unspecified atom stereocenters. The number of nitrogens with one attached hydrogen (secondary N) is 2. The minimum absolute atomic E-state index is 0.145. The van der Waals surface area contributed by atoms with Crippen molar-refractivity contribution in [2.24, 2.45) is 0 Å². The predicted octanol–water partition coefficient (Wildman–Crippen LogP) is 1.44. The Kier molecular flexibility index (Phi) is 5.64. The normalized spacial score (nSPS) is 18.0. The molecule has 1 atom stereocenters. The van der Waals surface area contributed by atoms with Gasteiger partial charge in [0.05, 0.1) is 12.6 Å². The molecule has 0 saturated carbocycles. The molecule has 6 heteroatoms. The van der Waals surface area contributed by atoms with Gasteiger partial charge in [0.2, 0.25) is 5.91 Å². The van der Waals surface area contributed by atoms with Crippen molar-refractivity contribution in [3.8, 4) is 0 Å². The minimum atomic E-state index is -0.637. The lowest BCUT2D eigenvalue weighted by molar-refractivity contribution is -0.122. The maximum absolute atomic E-state index is 13.7. The fourth-order valence-corrected chi connectivity index (χ4v) is 2.48. The molecule has 21 heavy (non-hydrogen) atoms. The van der Waals surface area contributed by atoms with Gasteiger partial charge in [0.15, 0.2) is 0 Å². The van der Waals surface area contributed by atoms with E-state index in [2.05, 4.69) is 15.5 Å². The van der Waals surface area contributed by atoms with E-state index in [0.717, 1.165) is 38.7 Å². The summed E-state index contributed by atoms with van der Waals surface area (Å²) in [6.07, 6.45) is 1.01. The molecular formula is C15H21F2N3O. The first-order chi connectivity index (χ1) is 10.1. The number of benzene rings is 1. The highest BCUT2D eigenvalue weighted by Gasteiger charge is 2.17. The van der Waals surface area contributed by atoms with Crippen molar-refractivity contribution >= 4 is 5.91 Å². The predicted molar refractivity (Wildman–Crippen MR) is 76.8 cm³/mol. The van der Waals surface area contributed by atoms with Gasteiger partial charge < -0.3 is 10.6 Å². The van der Waals surface area contributed by atoms with Gasteiger partial charge in [0, 0.05) is 24.7 Å². The summed E-state index contributed by atoms with van der Waals surface area (Å²) in [7, 11) is 0. The zero-order chi connectivity index (χ0) is 15.2. The van der Waals surface area contributed by atoms with Crippen LogP contribution in [-0.4, -0.2) is 43.5 Å². The number of carbonyl (C=O) groups excluding carboxylic acids is 1. The van der Waals surface area contributed by atoms with Gasteiger partial charge in [-0.15, -0.1) is 0 Å². The first-order valence-electron chi connectivity index (χ1n) is 7.23. The highest BCUT2D eigenvalue weighted by atomic mass is 19.1. The third-order valence-corrected chi connectivity index (χ3v) is 3.61. The molecule has 2 N–H and O–H groups in total. The molecule has 0 bridgehead atoms. The molecule has 116 valence electrons. The number of hydrogen-bond donors (Lipinski definition) is 2. The summed E-state index contributed by atoms with van der Waals surface area (Å²) in [6, 6.07) is 2.91. The summed E-state index contributed by atoms with van der Waals surface area (Å²) in [4.78, 5) is 14.1. The summed E-state index contributed by atoms with van der Waals surface area (Å²) < 4.78 is 26.5. The minimum Gasteiger partial charge on any atom is -0.348 e. The average Bonchev–Trinajstić information content (AvgIpc) is 2.66. The Bertz CT molecular complexity index is 488. The van der Waals surface area contributed by atoms with Crippen LogP contribution in [0.3, 0.4) is 0 Å². The van der Waals surface area contributed by atoms with Gasteiger partial charge in [-0.05, 0) is 32.5 Å². The molecule has 1 aromatic carbocycles. The molecule has 0 aromatic heterocycles. The lowest BCUT2D eigenvalue weighted by Crippen LogP contribution is -2.39.